The molecule has 0 spiro atoms. The zero-order valence-electron chi connectivity index (χ0n) is 18.6. The second kappa shape index (κ2) is 9.65. The van der Waals surface area contributed by atoms with Crippen LogP contribution in [0.2, 0.25) is 18.1 Å². The van der Waals surface area contributed by atoms with Gasteiger partial charge in [0.1, 0.15) is 6.10 Å². The molecule has 1 fully saturated rings. The number of hydrogen-bond donors (Lipinski definition) is 0. The van der Waals surface area contributed by atoms with Gasteiger partial charge in [0.25, 0.3) is 0 Å². The summed E-state index contributed by atoms with van der Waals surface area (Å²) in [6, 6.07) is 0. The monoisotopic (exact) mass is 382 g/mol. The Kier molecular flexibility index (Phi) is 8.76. The third kappa shape index (κ3) is 6.31. The molecule has 1 aliphatic rings. The van der Waals surface area contributed by atoms with Crippen LogP contribution in [0.3, 0.4) is 0 Å². The van der Waals surface area contributed by atoms with Gasteiger partial charge in [0.2, 0.25) is 0 Å². The van der Waals surface area contributed by atoms with Gasteiger partial charge in [0.05, 0.1) is 0 Å². The highest BCUT2D eigenvalue weighted by molar-refractivity contribution is 6.74. The molecule has 0 unspecified atom stereocenters. The van der Waals surface area contributed by atoms with Crippen molar-refractivity contribution in [3.63, 3.8) is 0 Å². The number of hydrogen-bond acceptors (Lipinski definition) is 3. The van der Waals surface area contributed by atoms with Crippen molar-refractivity contribution in [2.45, 2.75) is 91.5 Å². The Hall–Kier alpha value is -0.453. The van der Waals surface area contributed by atoms with E-state index in [0.29, 0.717) is 18.3 Å². The molecule has 0 aromatic heterocycles. The summed E-state index contributed by atoms with van der Waals surface area (Å²) in [5, 5.41) is 0.204. The summed E-state index contributed by atoms with van der Waals surface area (Å²) in [4.78, 5) is 12.4. The largest absolute Gasteiger partial charge is 0.417 e. The van der Waals surface area contributed by atoms with E-state index < -0.39 is 8.32 Å². The highest BCUT2D eigenvalue weighted by atomic mass is 28.4. The Morgan fingerprint density at radius 2 is 1.92 bits per heavy atom. The van der Waals surface area contributed by atoms with Gasteiger partial charge in [-0.1, -0.05) is 46.3 Å². The highest BCUT2D eigenvalue weighted by Crippen LogP contribution is 2.40. The molecule has 3 atom stereocenters. The van der Waals surface area contributed by atoms with E-state index >= 15 is 0 Å². The van der Waals surface area contributed by atoms with Crippen molar-refractivity contribution in [1.29, 1.82) is 0 Å². The van der Waals surface area contributed by atoms with Gasteiger partial charge in [-0.15, -0.1) is 0 Å². The van der Waals surface area contributed by atoms with Gasteiger partial charge in [-0.3, -0.25) is 4.79 Å². The third-order valence-corrected chi connectivity index (χ3v) is 10.9. The maximum Gasteiger partial charge on any atom is 0.191 e. The number of allylic oxidation sites excluding steroid dienone is 1. The van der Waals surface area contributed by atoms with Crippen LogP contribution in [0.25, 0.3) is 0 Å². The van der Waals surface area contributed by atoms with Crippen molar-refractivity contribution >= 4 is 14.1 Å². The Labute approximate surface area is 163 Å². The number of ketones is 1. The van der Waals surface area contributed by atoms with Crippen LogP contribution < -0.4 is 0 Å². The van der Waals surface area contributed by atoms with Gasteiger partial charge in [-0.25, -0.2) is 0 Å². The molecule has 0 amide bonds. The van der Waals surface area contributed by atoms with E-state index in [1.165, 1.54) is 12.0 Å². The Balaban J connectivity index is 2.94. The fourth-order valence-corrected chi connectivity index (χ4v) is 4.55. The first-order chi connectivity index (χ1) is 11.9. The predicted molar refractivity (Wildman–Crippen MR) is 113 cm³/mol. The first-order valence-electron chi connectivity index (χ1n) is 10.3. The van der Waals surface area contributed by atoms with Crippen molar-refractivity contribution in [3.05, 3.63) is 11.6 Å². The van der Waals surface area contributed by atoms with Crippen LogP contribution in [0.15, 0.2) is 11.6 Å². The maximum absolute atomic E-state index is 12.4. The van der Waals surface area contributed by atoms with Gasteiger partial charge in [0.15, 0.2) is 14.1 Å². The zero-order valence-corrected chi connectivity index (χ0v) is 19.6. The minimum Gasteiger partial charge on any atom is -0.417 e. The maximum atomic E-state index is 12.4. The molecular formula is C22H42O3Si. The molecule has 152 valence electrons. The molecule has 0 bridgehead atoms. The van der Waals surface area contributed by atoms with Gasteiger partial charge in [-0.05, 0) is 56.2 Å². The second-order valence-electron chi connectivity index (χ2n) is 9.94. The fraction of sp³-hybridized carbons (Fsp3) is 0.864. The van der Waals surface area contributed by atoms with E-state index in [2.05, 4.69) is 60.7 Å². The lowest BCUT2D eigenvalue weighted by atomic mass is 9.73. The van der Waals surface area contributed by atoms with Crippen molar-refractivity contribution in [3.8, 4) is 0 Å². The van der Waals surface area contributed by atoms with Crippen LogP contribution in [0, 0.1) is 17.8 Å². The van der Waals surface area contributed by atoms with Crippen LogP contribution in [-0.2, 0) is 14.0 Å². The van der Waals surface area contributed by atoms with Gasteiger partial charge >= 0.3 is 0 Å². The zero-order chi connectivity index (χ0) is 20.1. The van der Waals surface area contributed by atoms with Crippen molar-refractivity contribution in [1.82, 2.24) is 0 Å². The van der Waals surface area contributed by atoms with E-state index in [1.807, 2.05) is 0 Å². The summed E-state index contributed by atoms with van der Waals surface area (Å²) in [5.74, 6) is 1.46. The lowest BCUT2D eigenvalue weighted by molar-refractivity contribution is -0.136. The Morgan fingerprint density at radius 3 is 2.42 bits per heavy atom. The van der Waals surface area contributed by atoms with E-state index in [1.54, 1.807) is 7.11 Å². The molecule has 0 aromatic rings. The molecule has 0 N–H and O–H groups in total. The van der Waals surface area contributed by atoms with Crippen LogP contribution in [0.5, 0.6) is 0 Å². The summed E-state index contributed by atoms with van der Waals surface area (Å²) in [6.45, 7) is 18.8. The number of ether oxygens (including phenoxy) is 1. The van der Waals surface area contributed by atoms with Gasteiger partial charge in [0, 0.05) is 26.1 Å². The fourth-order valence-electron chi connectivity index (χ4n) is 3.48. The van der Waals surface area contributed by atoms with E-state index in [4.69, 9.17) is 9.16 Å². The lowest BCUT2D eigenvalue weighted by Gasteiger charge is -2.41. The van der Waals surface area contributed by atoms with Crippen molar-refractivity contribution < 1.29 is 14.0 Å². The number of carbonyl (C=O) groups excluding carboxylic acids is 1. The number of rotatable bonds is 8. The average Bonchev–Trinajstić information content (AvgIpc) is 2.51. The summed E-state index contributed by atoms with van der Waals surface area (Å²) < 4.78 is 12.2. The summed E-state index contributed by atoms with van der Waals surface area (Å²) in [5.41, 5.74) is 1.30. The quantitative estimate of drug-likeness (QED) is 0.381. The first-order valence-corrected chi connectivity index (χ1v) is 13.2. The number of Topliss-reactive ketones (excluding diaryl/α,β-unsaturated/α-hetero) is 1. The predicted octanol–water partition coefficient (Wildman–Crippen LogP) is 6.00. The average molecular weight is 383 g/mol. The molecular weight excluding hydrogens is 340 g/mol. The molecule has 0 aliphatic heterocycles. The molecule has 0 heterocycles. The summed E-state index contributed by atoms with van der Waals surface area (Å²) in [7, 11) is -0.113. The summed E-state index contributed by atoms with van der Waals surface area (Å²) >= 11 is 0. The minimum absolute atomic E-state index is 0.151. The van der Waals surface area contributed by atoms with Crippen molar-refractivity contribution in [2.24, 2.45) is 17.8 Å². The van der Waals surface area contributed by atoms with E-state index in [9.17, 15) is 4.79 Å². The van der Waals surface area contributed by atoms with Crippen molar-refractivity contribution in [2.75, 3.05) is 13.7 Å². The van der Waals surface area contributed by atoms with E-state index in [-0.39, 0.29) is 22.8 Å². The first kappa shape index (κ1) is 23.6. The standard InChI is InChI=1S/C22H42O3Si/c1-16(2)11-10-12-17(3)20-18(13-14-19(23)21(20)24-7)15-25-26(8,9)22(4,5)6/h12,16,18,20-21H,10-11,13-15H2,1-9H3/b17-12+/t18-,20-,21-/m1/s1. The Morgan fingerprint density at radius 1 is 1.31 bits per heavy atom. The third-order valence-electron chi connectivity index (χ3n) is 6.37. The molecule has 1 rings (SSSR count). The number of carbonyl (C=O) groups is 1. The SMILES string of the molecule is CO[C@@H]1C(=O)CC[C@H](CO[Si](C)(C)C(C)(C)C)[C@H]1/C(C)=C/CCC(C)C. The molecule has 0 aromatic carbocycles. The van der Waals surface area contributed by atoms with Crippen LogP contribution >= 0.6 is 0 Å². The second-order valence-corrected chi connectivity index (χ2v) is 14.7. The van der Waals surface area contributed by atoms with Gasteiger partial charge < -0.3 is 9.16 Å². The number of methoxy groups -OCH3 is 1. The van der Waals surface area contributed by atoms with E-state index in [0.717, 1.165) is 19.4 Å². The van der Waals surface area contributed by atoms with Crippen LogP contribution in [0.4, 0.5) is 0 Å². The molecule has 26 heavy (non-hydrogen) atoms. The molecule has 0 saturated heterocycles. The highest BCUT2D eigenvalue weighted by Gasteiger charge is 2.42. The molecule has 4 heteroatoms. The molecule has 3 nitrogen and oxygen atoms in total. The van der Waals surface area contributed by atoms with Crippen LogP contribution in [-0.4, -0.2) is 33.9 Å². The topological polar surface area (TPSA) is 35.5 Å². The molecule has 0 radical (unpaired) electrons. The van der Waals surface area contributed by atoms with Gasteiger partial charge in [-0.2, -0.15) is 0 Å². The normalized spacial score (nSPS) is 25.8. The summed E-state index contributed by atoms with van der Waals surface area (Å²) in [6.07, 6.45) is 5.79. The lowest BCUT2D eigenvalue weighted by Crippen LogP contribution is -2.47. The molecule has 1 saturated carbocycles. The minimum atomic E-state index is -1.79. The smallest absolute Gasteiger partial charge is 0.191 e. The Bertz CT molecular complexity index is 488. The van der Waals surface area contributed by atoms with Crippen LogP contribution in [0.1, 0.15) is 67.2 Å². The molecule has 1 aliphatic carbocycles.